The van der Waals surface area contributed by atoms with Crippen LogP contribution >= 0.6 is 0 Å². The maximum Gasteiger partial charge on any atom is 0.418 e. The minimum absolute atomic E-state index is 0.175. The summed E-state index contributed by atoms with van der Waals surface area (Å²) in [4.78, 5) is 19.4. The molecule has 1 spiro atoms. The van der Waals surface area contributed by atoms with Crippen molar-refractivity contribution in [2.45, 2.75) is 69.4 Å². The molecule has 1 fully saturated rings. The zero-order valence-electron chi connectivity index (χ0n) is 16.9. The number of amides is 1. The molecule has 2 aliphatic rings. The van der Waals surface area contributed by atoms with Crippen molar-refractivity contribution < 1.29 is 27.8 Å². The van der Waals surface area contributed by atoms with Crippen LogP contribution in [0, 0.1) is 0 Å². The van der Waals surface area contributed by atoms with Gasteiger partial charge in [0.25, 0.3) is 5.91 Å². The third-order valence-electron chi connectivity index (χ3n) is 6.08. The van der Waals surface area contributed by atoms with Crippen LogP contribution in [0.2, 0.25) is 0 Å². The molecule has 0 radical (unpaired) electrons. The largest absolute Gasteiger partial charge is 0.418 e. The fourth-order valence-electron chi connectivity index (χ4n) is 4.32. The van der Waals surface area contributed by atoms with Crippen molar-refractivity contribution in [1.29, 1.82) is 0 Å². The summed E-state index contributed by atoms with van der Waals surface area (Å²) in [7, 11) is 3.29. The number of amidine groups is 1. The number of fused-ring (bicyclic) bond motifs is 1. The van der Waals surface area contributed by atoms with Gasteiger partial charge in [0, 0.05) is 26.1 Å². The Hall–Kier alpha value is -1.93. The third kappa shape index (κ3) is 4.33. The van der Waals surface area contributed by atoms with Gasteiger partial charge in [-0.1, -0.05) is 19.1 Å². The lowest BCUT2D eigenvalue weighted by molar-refractivity contribution is -0.206. The summed E-state index contributed by atoms with van der Waals surface area (Å²) in [6.45, 7) is 1.91. The highest BCUT2D eigenvalue weighted by molar-refractivity contribution is 6.07. The Balaban J connectivity index is 2.05. The zero-order valence-corrected chi connectivity index (χ0v) is 16.9. The number of aliphatic hydroxyl groups excluding tert-OH is 1. The van der Waals surface area contributed by atoms with Gasteiger partial charge in [0.15, 0.2) is 6.10 Å². The molecule has 1 aromatic carbocycles. The van der Waals surface area contributed by atoms with E-state index in [4.69, 9.17) is 9.73 Å². The molecule has 0 aromatic heterocycles. The number of carbonyl (C=O) groups excluding carboxylic acids is 1. The first kappa shape index (κ1) is 21.8. The van der Waals surface area contributed by atoms with E-state index < -0.39 is 23.7 Å². The maximum absolute atomic E-state index is 13.0. The predicted molar refractivity (Wildman–Crippen MR) is 103 cm³/mol. The van der Waals surface area contributed by atoms with Crippen molar-refractivity contribution in [2.75, 3.05) is 14.2 Å². The average molecular weight is 412 g/mol. The lowest BCUT2D eigenvalue weighted by Crippen LogP contribution is -2.44. The summed E-state index contributed by atoms with van der Waals surface area (Å²) in [6, 6.07) is 3.96. The van der Waals surface area contributed by atoms with Gasteiger partial charge in [-0.05, 0) is 49.3 Å². The Labute approximate surface area is 168 Å². The highest BCUT2D eigenvalue weighted by Gasteiger charge is 2.42. The van der Waals surface area contributed by atoms with E-state index in [9.17, 15) is 23.1 Å². The van der Waals surface area contributed by atoms with Gasteiger partial charge < -0.3 is 9.84 Å². The van der Waals surface area contributed by atoms with Crippen LogP contribution < -0.4 is 0 Å². The molecule has 1 atom stereocenters. The molecule has 0 bridgehead atoms. The zero-order chi connectivity index (χ0) is 21.4. The number of benzene rings is 1. The monoisotopic (exact) mass is 412 g/mol. The molecule has 1 N–H and O–H groups in total. The summed E-state index contributed by atoms with van der Waals surface area (Å²) in [5.41, 5.74) is 0.122. The molecule has 29 heavy (non-hydrogen) atoms. The Kier molecular flexibility index (Phi) is 6.06. The van der Waals surface area contributed by atoms with E-state index in [1.165, 1.54) is 23.1 Å². The van der Waals surface area contributed by atoms with Gasteiger partial charge in [-0.15, -0.1) is 0 Å². The van der Waals surface area contributed by atoms with Gasteiger partial charge in [0.05, 0.1) is 11.6 Å². The van der Waals surface area contributed by atoms with Crippen LogP contribution in [0.4, 0.5) is 13.2 Å². The second-order valence-corrected chi connectivity index (χ2v) is 7.94. The van der Waals surface area contributed by atoms with Gasteiger partial charge in [0.1, 0.15) is 5.84 Å². The van der Waals surface area contributed by atoms with Crippen LogP contribution in [0.3, 0.4) is 0 Å². The van der Waals surface area contributed by atoms with Crippen LogP contribution in [-0.2, 0) is 11.2 Å². The summed E-state index contributed by atoms with van der Waals surface area (Å²) in [6.07, 6.45) is -2.98. The summed E-state index contributed by atoms with van der Waals surface area (Å²) in [5.74, 6) is 0.218. The Bertz CT molecular complexity index is 799. The van der Waals surface area contributed by atoms with Crippen molar-refractivity contribution in [3.8, 4) is 0 Å². The fraction of sp³-hybridized carbons (Fsp3) is 0.619. The third-order valence-corrected chi connectivity index (χ3v) is 6.08. The van der Waals surface area contributed by atoms with Crippen molar-refractivity contribution in [3.63, 3.8) is 0 Å². The highest BCUT2D eigenvalue weighted by atomic mass is 19.4. The topological polar surface area (TPSA) is 62.1 Å². The molecule has 8 heteroatoms. The van der Waals surface area contributed by atoms with Crippen LogP contribution in [0.15, 0.2) is 23.2 Å². The number of alkyl halides is 3. The first-order chi connectivity index (χ1) is 13.6. The van der Waals surface area contributed by atoms with E-state index in [1.54, 1.807) is 14.2 Å². The van der Waals surface area contributed by atoms with Gasteiger partial charge in [-0.25, -0.2) is 0 Å². The highest BCUT2D eigenvalue weighted by Crippen LogP contribution is 2.39. The van der Waals surface area contributed by atoms with Crippen LogP contribution in [-0.4, -0.2) is 53.7 Å². The predicted octanol–water partition coefficient (Wildman–Crippen LogP) is 4.05. The van der Waals surface area contributed by atoms with E-state index in [0.29, 0.717) is 24.2 Å². The van der Waals surface area contributed by atoms with Crippen LogP contribution in [0.25, 0.3) is 0 Å². The Morgan fingerprint density at radius 1 is 1.34 bits per heavy atom. The van der Waals surface area contributed by atoms with E-state index in [2.05, 4.69) is 0 Å². The van der Waals surface area contributed by atoms with E-state index in [0.717, 1.165) is 25.7 Å². The van der Waals surface area contributed by atoms with Crippen molar-refractivity contribution >= 4 is 11.7 Å². The number of rotatable bonds is 3. The van der Waals surface area contributed by atoms with Crippen molar-refractivity contribution in [1.82, 2.24) is 4.90 Å². The number of aliphatic hydroxyl groups is 1. The minimum atomic E-state index is -4.79. The maximum atomic E-state index is 13.0. The minimum Gasteiger partial charge on any atom is -0.381 e. The molecular formula is C21H27F3N2O3. The average Bonchev–Trinajstić information content (AvgIpc) is 2.70. The number of methoxy groups -OCH3 is 1. The smallest absolute Gasteiger partial charge is 0.381 e. The molecule has 3 rings (SSSR count). The molecule has 160 valence electrons. The fourth-order valence-corrected chi connectivity index (χ4v) is 4.32. The number of hydrogen-bond acceptors (Lipinski definition) is 4. The van der Waals surface area contributed by atoms with E-state index >= 15 is 0 Å². The number of ether oxygens (including phenoxy) is 1. The SMILES string of the molecule is CCC1=NC2(CCC(OC)CC2)Cc2ccc(C(O)C(F)(F)F)cc2C(=O)N1C. The van der Waals surface area contributed by atoms with E-state index in [1.807, 2.05) is 6.92 Å². The Morgan fingerprint density at radius 2 is 2.00 bits per heavy atom. The summed E-state index contributed by atoms with van der Waals surface area (Å²) in [5, 5.41) is 9.65. The standard InChI is InChI=1S/C21H27F3N2O3/c1-4-17-25-20(9-7-15(29-3)8-10-20)12-14-6-5-13(18(27)21(22,23)24)11-16(14)19(28)26(17)2/h5-6,11,15,18,27H,4,7-10,12H2,1-3H3. The molecule has 1 aromatic rings. The van der Waals surface area contributed by atoms with Crippen LogP contribution in [0.1, 0.15) is 66.6 Å². The molecule has 5 nitrogen and oxygen atoms in total. The molecule has 1 heterocycles. The molecule has 1 saturated carbocycles. The molecule has 0 saturated heterocycles. The lowest BCUT2D eigenvalue weighted by atomic mass is 9.75. The van der Waals surface area contributed by atoms with Gasteiger partial charge in [-0.2, -0.15) is 13.2 Å². The van der Waals surface area contributed by atoms with Crippen molar-refractivity contribution in [2.24, 2.45) is 4.99 Å². The lowest BCUT2D eigenvalue weighted by Gasteiger charge is -2.40. The molecular weight excluding hydrogens is 385 g/mol. The number of halogens is 3. The second-order valence-electron chi connectivity index (χ2n) is 7.94. The first-order valence-electron chi connectivity index (χ1n) is 9.87. The van der Waals surface area contributed by atoms with Crippen LogP contribution in [0.5, 0.6) is 0 Å². The normalized spacial score (nSPS) is 26.6. The summed E-state index contributed by atoms with van der Waals surface area (Å²) < 4.78 is 44.4. The molecule has 1 aliphatic heterocycles. The number of carbonyl (C=O) groups is 1. The number of hydrogen-bond donors (Lipinski definition) is 1. The van der Waals surface area contributed by atoms with Crippen molar-refractivity contribution in [3.05, 3.63) is 34.9 Å². The Morgan fingerprint density at radius 3 is 2.55 bits per heavy atom. The summed E-state index contributed by atoms with van der Waals surface area (Å²) >= 11 is 0. The van der Waals surface area contributed by atoms with E-state index in [-0.39, 0.29) is 17.2 Å². The number of nitrogens with zero attached hydrogens (tertiary/aromatic N) is 2. The first-order valence-corrected chi connectivity index (χ1v) is 9.87. The molecule has 1 unspecified atom stereocenters. The molecule has 1 aliphatic carbocycles. The molecule has 1 amide bonds. The number of aliphatic imine (C=N–C) groups is 1. The van der Waals surface area contributed by atoms with Gasteiger partial charge in [-0.3, -0.25) is 14.7 Å². The quantitative estimate of drug-likeness (QED) is 0.815. The van der Waals surface area contributed by atoms with Gasteiger partial charge >= 0.3 is 6.18 Å². The second kappa shape index (κ2) is 8.07. The van der Waals surface area contributed by atoms with Gasteiger partial charge in [0.2, 0.25) is 0 Å².